The van der Waals surface area contributed by atoms with E-state index >= 15 is 0 Å². The number of rotatable bonds is 3. The number of aliphatic hydroxyl groups excluding tert-OH is 1. The first-order valence-corrected chi connectivity index (χ1v) is 3.99. The number of carbonyl (C=O) groups excluding carboxylic acids is 1. The van der Waals surface area contributed by atoms with Crippen LogP contribution in [-0.4, -0.2) is 17.6 Å². The maximum atomic E-state index is 11.2. The predicted molar refractivity (Wildman–Crippen MR) is 49.8 cm³/mol. The van der Waals surface area contributed by atoms with Crippen LogP contribution in [0.2, 0.25) is 0 Å². The molecule has 4 heteroatoms. The van der Waals surface area contributed by atoms with Gasteiger partial charge in [0.1, 0.15) is 0 Å². The third-order valence-electron chi connectivity index (χ3n) is 1.63. The molecule has 3 N–H and O–H groups in total. The van der Waals surface area contributed by atoms with E-state index in [1.54, 1.807) is 24.3 Å². The number of nitrogens with zero attached hydrogens (tertiary/aromatic N) is 1. The number of hydrogen-bond donors (Lipinski definition) is 2. The zero-order valence-electron chi connectivity index (χ0n) is 7.18. The van der Waals surface area contributed by atoms with Gasteiger partial charge in [-0.1, -0.05) is 18.2 Å². The van der Waals surface area contributed by atoms with Crippen LogP contribution < -0.4 is 10.9 Å². The standard InChI is InChI=1S/C9H12N2O2/c10-11(9(13)6-7-12)8-4-2-1-3-5-8/h1-5,12H,6-7,10H2. The molecule has 1 rings (SSSR count). The number of para-hydroxylation sites is 1. The van der Waals surface area contributed by atoms with E-state index in [2.05, 4.69) is 0 Å². The summed E-state index contributed by atoms with van der Waals surface area (Å²) in [5.41, 5.74) is 0.626. The van der Waals surface area contributed by atoms with Gasteiger partial charge in [0.05, 0.1) is 18.7 Å². The van der Waals surface area contributed by atoms with Crippen molar-refractivity contribution in [2.45, 2.75) is 6.42 Å². The van der Waals surface area contributed by atoms with Gasteiger partial charge in [-0.3, -0.25) is 4.79 Å². The van der Waals surface area contributed by atoms with Crippen LogP contribution in [0, 0.1) is 0 Å². The molecule has 13 heavy (non-hydrogen) atoms. The Labute approximate surface area is 76.6 Å². The summed E-state index contributed by atoms with van der Waals surface area (Å²) in [5, 5.41) is 9.57. The summed E-state index contributed by atoms with van der Waals surface area (Å²) in [4.78, 5) is 11.2. The topological polar surface area (TPSA) is 66.6 Å². The fourth-order valence-electron chi connectivity index (χ4n) is 0.949. The van der Waals surface area contributed by atoms with Crippen molar-refractivity contribution in [3.05, 3.63) is 30.3 Å². The Morgan fingerprint density at radius 2 is 2.00 bits per heavy atom. The van der Waals surface area contributed by atoms with Gasteiger partial charge in [-0.05, 0) is 12.1 Å². The van der Waals surface area contributed by atoms with Crippen LogP contribution >= 0.6 is 0 Å². The smallest absolute Gasteiger partial charge is 0.243 e. The molecule has 0 saturated heterocycles. The van der Waals surface area contributed by atoms with Crippen molar-refractivity contribution in [3.8, 4) is 0 Å². The summed E-state index contributed by atoms with van der Waals surface area (Å²) >= 11 is 0. The highest BCUT2D eigenvalue weighted by Gasteiger charge is 2.09. The van der Waals surface area contributed by atoms with Crippen molar-refractivity contribution in [1.82, 2.24) is 0 Å². The second kappa shape index (κ2) is 4.59. The number of hydrazine groups is 1. The number of anilines is 1. The summed E-state index contributed by atoms with van der Waals surface area (Å²) in [6.45, 7) is -0.181. The molecular weight excluding hydrogens is 168 g/mol. The molecule has 4 nitrogen and oxygen atoms in total. The zero-order chi connectivity index (χ0) is 9.68. The van der Waals surface area contributed by atoms with Crippen molar-refractivity contribution < 1.29 is 9.90 Å². The Bertz CT molecular complexity index is 274. The minimum atomic E-state index is -0.297. The third kappa shape index (κ3) is 2.54. The van der Waals surface area contributed by atoms with Crippen LogP contribution in [0.25, 0.3) is 0 Å². The average Bonchev–Trinajstić information content (AvgIpc) is 2.18. The molecule has 1 aromatic carbocycles. The third-order valence-corrected chi connectivity index (χ3v) is 1.63. The van der Waals surface area contributed by atoms with Crippen molar-refractivity contribution in [3.63, 3.8) is 0 Å². The van der Waals surface area contributed by atoms with Gasteiger partial charge < -0.3 is 5.11 Å². The largest absolute Gasteiger partial charge is 0.396 e. The molecular formula is C9H12N2O2. The lowest BCUT2D eigenvalue weighted by Gasteiger charge is -2.15. The molecule has 1 aromatic rings. The molecule has 0 aliphatic heterocycles. The number of aliphatic hydroxyl groups is 1. The molecule has 0 saturated carbocycles. The summed E-state index contributed by atoms with van der Waals surface area (Å²) in [7, 11) is 0. The van der Waals surface area contributed by atoms with Crippen LogP contribution in [0.1, 0.15) is 6.42 Å². The zero-order valence-corrected chi connectivity index (χ0v) is 7.18. The molecule has 0 bridgehead atoms. The quantitative estimate of drug-likeness (QED) is 0.399. The van der Waals surface area contributed by atoms with E-state index in [4.69, 9.17) is 10.9 Å². The Morgan fingerprint density at radius 1 is 1.38 bits per heavy atom. The molecule has 0 spiro atoms. The highest BCUT2D eigenvalue weighted by molar-refractivity contribution is 5.92. The van der Waals surface area contributed by atoms with Gasteiger partial charge in [-0.25, -0.2) is 10.9 Å². The SMILES string of the molecule is NN(C(=O)CCO)c1ccccc1. The van der Waals surface area contributed by atoms with Gasteiger partial charge in [0.2, 0.25) is 5.91 Å². The van der Waals surface area contributed by atoms with Gasteiger partial charge in [-0.15, -0.1) is 0 Å². The lowest BCUT2D eigenvalue weighted by Crippen LogP contribution is -2.37. The molecule has 70 valence electrons. The molecule has 0 atom stereocenters. The van der Waals surface area contributed by atoms with E-state index in [0.29, 0.717) is 5.69 Å². The molecule has 0 radical (unpaired) electrons. The maximum absolute atomic E-state index is 11.2. The van der Waals surface area contributed by atoms with Gasteiger partial charge in [0.15, 0.2) is 0 Å². The first kappa shape index (κ1) is 9.70. The number of carbonyl (C=O) groups is 1. The van der Waals surface area contributed by atoms with Crippen LogP contribution in [0.3, 0.4) is 0 Å². The molecule has 0 fully saturated rings. The normalized spacial score (nSPS) is 9.69. The van der Waals surface area contributed by atoms with Gasteiger partial charge in [0.25, 0.3) is 0 Å². The Morgan fingerprint density at radius 3 is 2.54 bits per heavy atom. The first-order chi connectivity index (χ1) is 6.25. The summed E-state index contributed by atoms with van der Waals surface area (Å²) in [5.74, 6) is 5.20. The average molecular weight is 180 g/mol. The minimum absolute atomic E-state index is 0.0470. The Kier molecular flexibility index (Phi) is 3.42. The Balaban J connectivity index is 2.68. The van der Waals surface area contributed by atoms with E-state index < -0.39 is 0 Å². The summed E-state index contributed by atoms with van der Waals surface area (Å²) < 4.78 is 0. The fraction of sp³-hybridized carbons (Fsp3) is 0.222. The lowest BCUT2D eigenvalue weighted by atomic mass is 10.3. The number of nitrogens with two attached hydrogens (primary N) is 1. The molecule has 0 unspecified atom stereocenters. The van der Waals surface area contributed by atoms with Crippen molar-refractivity contribution in [2.24, 2.45) is 5.84 Å². The van der Waals surface area contributed by atoms with Crippen molar-refractivity contribution in [1.29, 1.82) is 0 Å². The number of benzene rings is 1. The lowest BCUT2D eigenvalue weighted by molar-refractivity contribution is -0.119. The second-order valence-corrected chi connectivity index (χ2v) is 2.57. The second-order valence-electron chi connectivity index (χ2n) is 2.57. The first-order valence-electron chi connectivity index (χ1n) is 3.99. The monoisotopic (exact) mass is 180 g/mol. The van der Waals surface area contributed by atoms with E-state index in [-0.39, 0.29) is 18.9 Å². The molecule has 0 aromatic heterocycles. The summed E-state index contributed by atoms with van der Waals surface area (Å²) in [6.07, 6.45) is 0.0470. The van der Waals surface area contributed by atoms with Crippen LogP contribution in [-0.2, 0) is 4.79 Å². The summed E-state index contributed by atoms with van der Waals surface area (Å²) in [6, 6.07) is 8.89. The fourth-order valence-corrected chi connectivity index (χ4v) is 0.949. The number of hydrogen-bond acceptors (Lipinski definition) is 3. The van der Waals surface area contributed by atoms with E-state index in [1.165, 1.54) is 0 Å². The van der Waals surface area contributed by atoms with Crippen LogP contribution in [0.15, 0.2) is 30.3 Å². The van der Waals surface area contributed by atoms with E-state index in [9.17, 15) is 4.79 Å². The van der Waals surface area contributed by atoms with E-state index in [1.807, 2.05) is 6.07 Å². The minimum Gasteiger partial charge on any atom is -0.396 e. The van der Waals surface area contributed by atoms with Crippen LogP contribution in [0.5, 0.6) is 0 Å². The highest BCUT2D eigenvalue weighted by atomic mass is 16.3. The van der Waals surface area contributed by atoms with Gasteiger partial charge >= 0.3 is 0 Å². The van der Waals surface area contributed by atoms with Gasteiger partial charge in [0, 0.05) is 0 Å². The maximum Gasteiger partial charge on any atom is 0.243 e. The van der Waals surface area contributed by atoms with Crippen LogP contribution in [0.4, 0.5) is 5.69 Å². The molecule has 1 amide bonds. The van der Waals surface area contributed by atoms with Gasteiger partial charge in [-0.2, -0.15) is 0 Å². The predicted octanol–water partition coefficient (Wildman–Crippen LogP) is 0.276. The molecule has 0 heterocycles. The molecule has 0 aliphatic rings. The highest BCUT2D eigenvalue weighted by Crippen LogP contribution is 2.09. The van der Waals surface area contributed by atoms with Crippen molar-refractivity contribution in [2.75, 3.05) is 11.6 Å². The van der Waals surface area contributed by atoms with E-state index in [0.717, 1.165) is 5.01 Å². The number of amides is 1. The van der Waals surface area contributed by atoms with Crippen molar-refractivity contribution >= 4 is 11.6 Å². The Hall–Kier alpha value is -1.39. The molecule has 0 aliphatic carbocycles.